The molecule has 0 aromatic heterocycles. The van der Waals surface area contributed by atoms with Gasteiger partial charge in [-0.15, -0.1) is 0 Å². The van der Waals surface area contributed by atoms with E-state index >= 15 is 0 Å². The van der Waals surface area contributed by atoms with E-state index < -0.39 is 31.0 Å². The normalized spacial score (nSPS) is 17.9. The minimum Gasteiger partial charge on any atom is -0.394 e. The number of hydrogen-bond acceptors (Lipinski definition) is 5. The first-order valence-corrected chi connectivity index (χ1v) is 7.38. The molecule has 124 valence electrons. The van der Waals surface area contributed by atoms with Crippen molar-refractivity contribution in [1.29, 1.82) is 0 Å². The molecular weight excluding hydrogens is 284 g/mol. The van der Waals surface area contributed by atoms with Gasteiger partial charge in [-0.1, -0.05) is 36.8 Å². The second-order valence-corrected chi connectivity index (χ2v) is 5.66. The van der Waals surface area contributed by atoms with E-state index in [-0.39, 0.29) is 0 Å². The van der Waals surface area contributed by atoms with Gasteiger partial charge in [0, 0.05) is 0 Å². The van der Waals surface area contributed by atoms with Gasteiger partial charge >= 0.3 is 0 Å². The molecule has 0 aliphatic heterocycles. The Kier molecular flexibility index (Phi) is 6.71. The van der Waals surface area contributed by atoms with Crippen molar-refractivity contribution in [2.75, 3.05) is 13.2 Å². The van der Waals surface area contributed by atoms with Gasteiger partial charge in [0.15, 0.2) is 0 Å². The van der Waals surface area contributed by atoms with Crippen LogP contribution in [0.4, 0.5) is 0 Å². The predicted molar refractivity (Wildman–Crippen MR) is 85.3 cm³/mol. The van der Waals surface area contributed by atoms with Gasteiger partial charge < -0.3 is 25.5 Å². The molecule has 0 spiro atoms. The summed E-state index contributed by atoms with van der Waals surface area (Å²) in [6.07, 6.45) is -1.14. The molecule has 5 N–H and O–H groups in total. The van der Waals surface area contributed by atoms with Gasteiger partial charge in [0.2, 0.25) is 0 Å². The lowest BCUT2D eigenvalue weighted by atomic mass is 9.83. The number of aliphatic hydroxyl groups excluding tert-OH is 4. The third-order valence-corrected chi connectivity index (χ3v) is 3.97. The second-order valence-electron chi connectivity index (χ2n) is 5.66. The molecule has 1 aromatic carbocycles. The number of rotatable bonds is 7. The van der Waals surface area contributed by atoms with Crippen LogP contribution < -0.4 is 0 Å². The maximum absolute atomic E-state index is 10.6. The highest BCUT2D eigenvalue weighted by atomic mass is 16.4. The number of benzene rings is 1. The molecule has 0 saturated carbocycles. The summed E-state index contributed by atoms with van der Waals surface area (Å²) in [5.41, 5.74) is 1.36. The van der Waals surface area contributed by atoms with Crippen LogP contribution >= 0.6 is 0 Å². The Hall–Kier alpha value is -1.24. The van der Waals surface area contributed by atoms with Gasteiger partial charge in [-0.3, -0.25) is 0 Å². The van der Waals surface area contributed by atoms with E-state index in [9.17, 15) is 20.4 Å². The highest BCUT2D eigenvalue weighted by molar-refractivity contribution is 5.59. The second kappa shape index (κ2) is 7.85. The summed E-state index contributed by atoms with van der Waals surface area (Å²) >= 11 is 0. The fraction of sp³-hybridized carbons (Fsp3) is 0.529. The number of aryl methyl sites for hydroxylation is 2. The van der Waals surface area contributed by atoms with E-state index in [1.807, 2.05) is 32.0 Å². The lowest BCUT2D eigenvalue weighted by molar-refractivity contribution is -0.134. The maximum Gasteiger partial charge on any atom is 0.137 e. The molecule has 5 nitrogen and oxygen atoms in total. The average molecular weight is 310 g/mol. The highest BCUT2D eigenvalue weighted by Crippen LogP contribution is 2.28. The van der Waals surface area contributed by atoms with Crippen molar-refractivity contribution in [2.24, 2.45) is 0 Å². The van der Waals surface area contributed by atoms with Crippen LogP contribution in [0.1, 0.15) is 30.0 Å². The van der Waals surface area contributed by atoms with E-state index in [1.54, 1.807) is 13.0 Å². The van der Waals surface area contributed by atoms with E-state index in [1.165, 1.54) is 0 Å². The molecule has 0 aliphatic rings. The van der Waals surface area contributed by atoms with Crippen LogP contribution in [-0.2, 0) is 0 Å². The summed E-state index contributed by atoms with van der Waals surface area (Å²) in [7, 11) is 0. The van der Waals surface area contributed by atoms with Crippen molar-refractivity contribution in [3.05, 3.63) is 40.5 Å². The molecule has 0 fully saturated rings. The lowest BCUT2D eigenvalue weighted by Crippen LogP contribution is -2.54. The van der Waals surface area contributed by atoms with Crippen molar-refractivity contribution in [3.8, 4) is 0 Å². The molecule has 22 heavy (non-hydrogen) atoms. The summed E-state index contributed by atoms with van der Waals surface area (Å²) in [5.74, 6) is 0. The van der Waals surface area contributed by atoms with Crippen molar-refractivity contribution >= 4 is 6.08 Å². The van der Waals surface area contributed by atoms with Gasteiger partial charge in [-0.2, -0.15) is 0 Å². The summed E-state index contributed by atoms with van der Waals surface area (Å²) < 4.78 is 0. The van der Waals surface area contributed by atoms with Gasteiger partial charge in [0.1, 0.15) is 17.8 Å². The fourth-order valence-corrected chi connectivity index (χ4v) is 2.51. The van der Waals surface area contributed by atoms with Crippen molar-refractivity contribution < 1.29 is 25.5 Å². The zero-order valence-corrected chi connectivity index (χ0v) is 13.3. The molecule has 3 atom stereocenters. The van der Waals surface area contributed by atoms with E-state index in [2.05, 4.69) is 0 Å². The molecule has 0 saturated heterocycles. The van der Waals surface area contributed by atoms with Crippen molar-refractivity contribution in [3.63, 3.8) is 0 Å². The zero-order chi connectivity index (χ0) is 16.9. The molecule has 0 unspecified atom stereocenters. The van der Waals surface area contributed by atoms with E-state index in [0.29, 0.717) is 12.0 Å². The monoisotopic (exact) mass is 310 g/mol. The zero-order valence-electron chi connectivity index (χ0n) is 13.3. The molecule has 5 heteroatoms. The Balaban J connectivity index is 3.28. The fourth-order valence-electron chi connectivity index (χ4n) is 2.51. The van der Waals surface area contributed by atoms with Crippen molar-refractivity contribution in [1.82, 2.24) is 0 Å². The van der Waals surface area contributed by atoms with Gasteiger partial charge in [-0.25, -0.2) is 0 Å². The molecule has 0 heterocycles. The first-order chi connectivity index (χ1) is 10.3. The molecule has 1 rings (SSSR count). The van der Waals surface area contributed by atoms with Crippen LogP contribution in [0.2, 0.25) is 0 Å². The Labute approximate surface area is 131 Å². The standard InChI is InChI=1S/C17H26O5/c1-4-14(8-13-6-5-11(2)7-12(13)3)17(22,10-19)16(21)15(20)9-18/h5-8,15-16,18-22H,4,9-10H2,1-3H3/b14-8+/t15-,16-,17-/m1/s1. The minimum absolute atomic E-state index is 0.375. The minimum atomic E-state index is -2.01. The molecule has 0 bridgehead atoms. The van der Waals surface area contributed by atoms with E-state index in [0.717, 1.165) is 16.7 Å². The molecule has 0 amide bonds. The maximum atomic E-state index is 10.6. The van der Waals surface area contributed by atoms with Crippen LogP contribution in [0.3, 0.4) is 0 Å². The topological polar surface area (TPSA) is 101 Å². The number of hydrogen-bond donors (Lipinski definition) is 5. The molecule has 1 aromatic rings. The Morgan fingerprint density at radius 2 is 1.86 bits per heavy atom. The summed E-state index contributed by atoms with van der Waals surface area (Å²) in [6.45, 7) is 4.24. The first-order valence-electron chi connectivity index (χ1n) is 7.38. The average Bonchev–Trinajstić information content (AvgIpc) is 2.51. The van der Waals surface area contributed by atoms with Crippen LogP contribution in [0, 0.1) is 13.8 Å². The Morgan fingerprint density at radius 3 is 2.32 bits per heavy atom. The first kappa shape index (κ1) is 18.8. The predicted octanol–water partition coefficient (Wildman–Crippen LogP) is 0.534. The summed E-state index contributed by atoms with van der Waals surface area (Å²) in [4.78, 5) is 0. The summed E-state index contributed by atoms with van der Waals surface area (Å²) in [6, 6.07) is 5.83. The smallest absolute Gasteiger partial charge is 0.137 e. The quantitative estimate of drug-likeness (QED) is 0.506. The van der Waals surface area contributed by atoms with Gasteiger partial charge in [-0.05, 0) is 37.0 Å². The highest BCUT2D eigenvalue weighted by Gasteiger charge is 2.41. The Bertz CT molecular complexity index is 526. The van der Waals surface area contributed by atoms with Gasteiger partial charge in [0.25, 0.3) is 0 Å². The number of aliphatic hydroxyl groups is 5. The molecular formula is C17H26O5. The van der Waals surface area contributed by atoms with Crippen LogP contribution in [-0.4, -0.2) is 56.6 Å². The van der Waals surface area contributed by atoms with Gasteiger partial charge in [0.05, 0.1) is 13.2 Å². The van der Waals surface area contributed by atoms with Crippen LogP contribution in [0.15, 0.2) is 23.8 Å². The van der Waals surface area contributed by atoms with Crippen LogP contribution in [0.25, 0.3) is 6.08 Å². The lowest BCUT2D eigenvalue weighted by Gasteiger charge is -2.35. The molecule has 0 aliphatic carbocycles. The van der Waals surface area contributed by atoms with Crippen LogP contribution in [0.5, 0.6) is 0 Å². The van der Waals surface area contributed by atoms with Crippen molar-refractivity contribution in [2.45, 2.75) is 45.0 Å². The van der Waals surface area contributed by atoms with E-state index in [4.69, 9.17) is 5.11 Å². The third kappa shape index (κ3) is 3.94. The largest absolute Gasteiger partial charge is 0.394 e. The SMILES string of the molecule is CC/C(=C\c1ccc(C)cc1C)[C@](O)(CO)[C@H](O)[C@H](O)CO. The third-order valence-electron chi connectivity index (χ3n) is 3.97. The summed E-state index contributed by atoms with van der Waals surface area (Å²) in [5, 5.41) is 48.8. The molecule has 0 radical (unpaired) electrons. The Morgan fingerprint density at radius 1 is 1.23 bits per heavy atom.